The molecule has 4 atom stereocenters. The van der Waals surface area contributed by atoms with Gasteiger partial charge in [-0.15, -0.1) is 11.8 Å². The van der Waals surface area contributed by atoms with Crippen molar-refractivity contribution < 1.29 is 24.2 Å². The minimum Gasteiger partial charge on any atom is -0.481 e. The predicted molar refractivity (Wildman–Crippen MR) is 134 cm³/mol. The van der Waals surface area contributed by atoms with Crippen molar-refractivity contribution in [2.45, 2.75) is 31.2 Å². The maximum Gasteiger partial charge on any atom is 0.407 e. The van der Waals surface area contributed by atoms with Gasteiger partial charge in [0, 0.05) is 24.3 Å². The van der Waals surface area contributed by atoms with Crippen molar-refractivity contribution in [3.05, 3.63) is 59.7 Å². The number of fused-ring (bicyclic) bond motifs is 5. The Morgan fingerprint density at radius 3 is 2.31 bits per heavy atom. The molecule has 3 aliphatic rings. The smallest absolute Gasteiger partial charge is 0.407 e. The van der Waals surface area contributed by atoms with Crippen LogP contribution in [-0.4, -0.2) is 53.8 Å². The van der Waals surface area contributed by atoms with Crippen molar-refractivity contribution in [2.24, 2.45) is 17.8 Å². The number of carboxylic acid groups (broad SMARTS) is 1. The molecule has 0 spiro atoms. The van der Waals surface area contributed by atoms with E-state index in [2.05, 4.69) is 34.9 Å². The summed E-state index contributed by atoms with van der Waals surface area (Å²) in [6.45, 7) is 0.667. The minimum atomic E-state index is -0.859. The molecular weight excluding hydrogens is 464 g/mol. The van der Waals surface area contributed by atoms with E-state index < -0.39 is 12.1 Å². The van der Waals surface area contributed by atoms with Crippen LogP contribution >= 0.6 is 11.8 Å². The summed E-state index contributed by atoms with van der Waals surface area (Å²) >= 11 is 1.28. The third-order valence-electron chi connectivity index (χ3n) is 7.62. The molecule has 2 amide bonds. The fraction of sp³-hybridized carbons (Fsp3) is 0.444. The summed E-state index contributed by atoms with van der Waals surface area (Å²) in [4.78, 5) is 36.4. The number of thioether (sulfide) groups is 1. The van der Waals surface area contributed by atoms with Crippen LogP contribution in [0.4, 0.5) is 4.79 Å². The monoisotopic (exact) mass is 494 g/mol. The lowest BCUT2D eigenvalue weighted by molar-refractivity contribution is -0.134. The van der Waals surface area contributed by atoms with Crippen LogP contribution in [0.15, 0.2) is 48.5 Å². The number of rotatable bonds is 9. The Hall–Kier alpha value is -3.00. The first-order chi connectivity index (χ1) is 17.0. The quantitative estimate of drug-likeness (QED) is 0.457. The Kier molecular flexibility index (Phi) is 7.00. The van der Waals surface area contributed by atoms with E-state index in [0.29, 0.717) is 12.3 Å². The highest BCUT2D eigenvalue weighted by Crippen LogP contribution is 2.49. The van der Waals surface area contributed by atoms with Crippen LogP contribution in [0.25, 0.3) is 11.1 Å². The molecule has 0 saturated heterocycles. The van der Waals surface area contributed by atoms with Crippen LogP contribution in [0.3, 0.4) is 0 Å². The topological polar surface area (TPSA) is 105 Å². The van der Waals surface area contributed by atoms with Gasteiger partial charge in [0.2, 0.25) is 5.91 Å². The van der Waals surface area contributed by atoms with Gasteiger partial charge >= 0.3 is 12.1 Å². The van der Waals surface area contributed by atoms with Gasteiger partial charge in [0.25, 0.3) is 0 Å². The van der Waals surface area contributed by atoms with Gasteiger partial charge < -0.3 is 20.5 Å². The van der Waals surface area contributed by atoms with Gasteiger partial charge in [0.15, 0.2) is 0 Å². The molecule has 7 nitrogen and oxygen atoms in total. The number of carboxylic acids is 1. The summed E-state index contributed by atoms with van der Waals surface area (Å²) in [7, 11) is 0. The van der Waals surface area contributed by atoms with Gasteiger partial charge in [-0.2, -0.15) is 0 Å². The molecule has 0 heterocycles. The molecule has 3 aliphatic carbocycles. The van der Waals surface area contributed by atoms with Crippen molar-refractivity contribution in [1.82, 2.24) is 10.6 Å². The van der Waals surface area contributed by atoms with Gasteiger partial charge in [0.1, 0.15) is 6.61 Å². The zero-order valence-electron chi connectivity index (χ0n) is 19.4. The van der Waals surface area contributed by atoms with Crippen LogP contribution in [0.1, 0.15) is 36.3 Å². The maximum absolute atomic E-state index is 12.9. The number of carbonyl (C=O) groups excluding carboxylic acids is 2. The Morgan fingerprint density at radius 1 is 0.971 bits per heavy atom. The number of hydrogen-bond acceptors (Lipinski definition) is 5. The van der Waals surface area contributed by atoms with E-state index in [0.717, 1.165) is 19.3 Å². The first kappa shape index (κ1) is 23.7. The lowest BCUT2D eigenvalue weighted by Gasteiger charge is -2.30. The first-order valence-corrected chi connectivity index (χ1v) is 13.4. The molecule has 2 aromatic rings. The van der Waals surface area contributed by atoms with Crippen LogP contribution in [0, 0.1) is 17.8 Å². The van der Waals surface area contributed by atoms with E-state index in [1.54, 1.807) is 0 Å². The summed E-state index contributed by atoms with van der Waals surface area (Å²) < 4.78 is 5.73. The predicted octanol–water partition coefficient (Wildman–Crippen LogP) is 3.87. The van der Waals surface area contributed by atoms with Gasteiger partial charge in [-0.3, -0.25) is 9.59 Å². The summed E-state index contributed by atoms with van der Waals surface area (Å²) in [5.41, 5.74) is 4.70. The molecule has 35 heavy (non-hydrogen) atoms. The molecular formula is C27H30N2O5S. The molecule has 8 heteroatoms. The first-order valence-electron chi connectivity index (χ1n) is 12.2. The number of ether oxygens (including phenoxy) is 1. The number of hydrogen-bond donors (Lipinski definition) is 3. The van der Waals surface area contributed by atoms with Crippen molar-refractivity contribution in [3.63, 3.8) is 0 Å². The van der Waals surface area contributed by atoms with Crippen molar-refractivity contribution >= 4 is 29.7 Å². The lowest BCUT2D eigenvalue weighted by Crippen LogP contribution is -2.50. The Bertz CT molecular complexity index is 1080. The fourth-order valence-electron chi connectivity index (χ4n) is 6.18. The van der Waals surface area contributed by atoms with Crippen molar-refractivity contribution in [2.75, 3.05) is 24.7 Å². The van der Waals surface area contributed by atoms with E-state index >= 15 is 0 Å². The third kappa shape index (κ3) is 4.89. The van der Waals surface area contributed by atoms with Crippen LogP contribution in [0.5, 0.6) is 0 Å². The Morgan fingerprint density at radius 2 is 1.63 bits per heavy atom. The van der Waals surface area contributed by atoms with Gasteiger partial charge in [-0.05, 0) is 53.4 Å². The molecule has 0 aliphatic heterocycles. The molecule has 0 aromatic heterocycles. The zero-order chi connectivity index (χ0) is 24.4. The number of carbonyl (C=O) groups is 3. The van der Waals surface area contributed by atoms with Gasteiger partial charge in [0.05, 0.1) is 11.7 Å². The molecule has 2 saturated carbocycles. The lowest BCUT2D eigenvalue weighted by atomic mass is 9.84. The van der Waals surface area contributed by atoms with Crippen LogP contribution in [0.2, 0.25) is 0 Å². The SMILES string of the molecule is O=C(O)CSCCNC(=O)C1C2CCC(C2)C1NC(=O)OCC1c2ccccc2-c2ccccc21. The van der Waals surface area contributed by atoms with Gasteiger partial charge in [-0.25, -0.2) is 4.79 Å². The van der Waals surface area contributed by atoms with E-state index in [1.165, 1.54) is 34.0 Å². The van der Waals surface area contributed by atoms with E-state index in [4.69, 9.17) is 9.84 Å². The normalized spacial score (nSPS) is 24.0. The molecule has 184 valence electrons. The summed E-state index contributed by atoms with van der Waals surface area (Å²) in [6, 6.07) is 16.2. The second-order valence-corrected chi connectivity index (χ2v) is 10.7. The zero-order valence-corrected chi connectivity index (χ0v) is 20.3. The van der Waals surface area contributed by atoms with Gasteiger partial charge in [-0.1, -0.05) is 48.5 Å². The molecule has 0 radical (unpaired) electrons. The summed E-state index contributed by atoms with van der Waals surface area (Å²) in [5, 5.41) is 14.7. The third-order valence-corrected chi connectivity index (χ3v) is 8.56. The van der Waals surface area contributed by atoms with Crippen molar-refractivity contribution in [1.29, 1.82) is 0 Å². The van der Waals surface area contributed by atoms with E-state index in [1.807, 2.05) is 24.3 Å². The second kappa shape index (κ2) is 10.3. The average molecular weight is 495 g/mol. The number of alkyl carbamates (subject to hydrolysis) is 1. The number of benzene rings is 2. The largest absolute Gasteiger partial charge is 0.481 e. The summed E-state index contributed by atoms with van der Waals surface area (Å²) in [5.74, 6) is -0.0597. The van der Waals surface area contributed by atoms with Crippen LogP contribution < -0.4 is 10.6 Å². The highest BCUT2D eigenvalue weighted by atomic mass is 32.2. The Labute approximate surface area is 209 Å². The maximum atomic E-state index is 12.9. The number of nitrogens with one attached hydrogen (secondary N) is 2. The molecule has 2 fully saturated rings. The molecule has 5 rings (SSSR count). The number of amides is 2. The molecule has 3 N–H and O–H groups in total. The highest BCUT2D eigenvalue weighted by molar-refractivity contribution is 7.99. The fourth-order valence-corrected chi connectivity index (χ4v) is 6.74. The highest BCUT2D eigenvalue weighted by Gasteiger charge is 2.51. The molecule has 4 unspecified atom stereocenters. The van der Waals surface area contributed by atoms with E-state index in [9.17, 15) is 14.4 Å². The van der Waals surface area contributed by atoms with Crippen LogP contribution in [-0.2, 0) is 14.3 Å². The molecule has 2 bridgehead atoms. The number of aliphatic carboxylic acids is 1. The second-order valence-electron chi connectivity index (χ2n) is 9.59. The Balaban J connectivity index is 1.18. The van der Waals surface area contributed by atoms with E-state index in [-0.39, 0.29) is 48.0 Å². The molecule has 2 aromatic carbocycles. The van der Waals surface area contributed by atoms with Crippen molar-refractivity contribution in [3.8, 4) is 11.1 Å². The average Bonchev–Trinajstić information content (AvgIpc) is 3.54. The standard InChI is InChI=1S/C27H30N2O5S/c30-23(31)15-35-12-11-28-26(32)24-16-9-10-17(13-16)25(24)29-27(33)34-14-22-20-7-3-1-5-18(20)19-6-2-4-8-21(19)22/h1-8,16-17,22,24-25H,9-15H2,(H,28,32)(H,29,33)(H,30,31). The summed E-state index contributed by atoms with van der Waals surface area (Å²) in [6.07, 6.45) is 2.48. The minimum absolute atomic E-state index is 0.00410.